The molecule has 0 rings (SSSR count). The number of hydrogen-bond acceptors (Lipinski definition) is 3. The van der Waals surface area contributed by atoms with E-state index in [1.54, 1.807) is 13.8 Å². The highest BCUT2D eigenvalue weighted by Crippen LogP contribution is 2.07. The summed E-state index contributed by atoms with van der Waals surface area (Å²) in [5.74, 6) is -1.54. The molecule has 0 aromatic heterocycles. The molecule has 3 atom stereocenters. The summed E-state index contributed by atoms with van der Waals surface area (Å²) in [6, 6.07) is -1.52. The summed E-state index contributed by atoms with van der Waals surface area (Å²) in [7, 11) is 0. The van der Waals surface area contributed by atoms with Crippen molar-refractivity contribution in [1.29, 1.82) is 0 Å². The first kappa shape index (κ1) is 18.6. The number of carboxylic acids is 1. The molecule has 5 nitrogen and oxygen atoms in total. The first-order chi connectivity index (χ1) is 7.31. The van der Waals surface area contributed by atoms with Crippen molar-refractivity contribution in [3.8, 4) is 0 Å². The lowest BCUT2D eigenvalue weighted by Gasteiger charge is -2.23. The Morgan fingerprint density at radius 1 is 1.29 bits per heavy atom. The molecular formula is C11H23ClN2O3. The maximum absolute atomic E-state index is 11.7. The van der Waals surface area contributed by atoms with Crippen molar-refractivity contribution >= 4 is 24.3 Å². The molecule has 4 N–H and O–H groups in total. The number of carboxylic acid groups (broad SMARTS) is 1. The lowest BCUT2D eigenvalue weighted by molar-refractivity contribution is -0.143. The quantitative estimate of drug-likeness (QED) is 0.669. The molecule has 1 amide bonds. The monoisotopic (exact) mass is 266 g/mol. The van der Waals surface area contributed by atoms with Gasteiger partial charge in [0.25, 0.3) is 0 Å². The molecule has 102 valence electrons. The highest BCUT2D eigenvalue weighted by molar-refractivity contribution is 5.87. The Labute approximate surface area is 109 Å². The van der Waals surface area contributed by atoms with E-state index in [1.807, 2.05) is 13.8 Å². The number of amides is 1. The molecule has 0 aliphatic carbocycles. The van der Waals surface area contributed by atoms with Gasteiger partial charge in [0.05, 0.1) is 6.04 Å². The Bertz CT molecular complexity index is 259. The number of halogens is 1. The second kappa shape index (κ2) is 8.31. The van der Waals surface area contributed by atoms with E-state index in [2.05, 4.69) is 5.32 Å². The number of hydrogen-bond donors (Lipinski definition) is 3. The number of carbonyl (C=O) groups excluding carboxylic acids is 1. The zero-order chi connectivity index (χ0) is 12.9. The molecule has 0 saturated carbocycles. The van der Waals surface area contributed by atoms with Crippen molar-refractivity contribution in [2.75, 3.05) is 0 Å². The molecule has 0 bridgehead atoms. The number of carbonyl (C=O) groups is 2. The van der Waals surface area contributed by atoms with E-state index in [0.29, 0.717) is 0 Å². The second-order valence-corrected chi connectivity index (χ2v) is 4.48. The van der Waals surface area contributed by atoms with Crippen molar-refractivity contribution in [1.82, 2.24) is 5.32 Å². The first-order valence-electron chi connectivity index (χ1n) is 5.60. The minimum atomic E-state index is -1.03. The molecule has 0 aromatic carbocycles. The van der Waals surface area contributed by atoms with Gasteiger partial charge in [-0.15, -0.1) is 12.4 Å². The van der Waals surface area contributed by atoms with Crippen LogP contribution in [0, 0.1) is 11.8 Å². The predicted molar refractivity (Wildman–Crippen MR) is 69.1 cm³/mol. The van der Waals surface area contributed by atoms with Crippen LogP contribution < -0.4 is 11.1 Å². The van der Waals surface area contributed by atoms with Gasteiger partial charge < -0.3 is 16.2 Å². The van der Waals surface area contributed by atoms with Gasteiger partial charge in [-0.2, -0.15) is 0 Å². The topological polar surface area (TPSA) is 92.4 Å². The van der Waals surface area contributed by atoms with Gasteiger partial charge in [-0.25, -0.2) is 4.79 Å². The fraction of sp³-hybridized carbons (Fsp3) is 0.818. The molecule has 0 aromatic rings. The van der Waals surface area contributed by atoms with Crippen molar-refractivity contribution in [2.45, 2.75) is 46.2 Å². The maximum Gasteiger partial charge on any atom is 0.326 e. The largest absolute Gasteiger partial charge is 0.480 e. The van der Waals surface area contributed by atoms with E-state index in [4.69, 9.17) is 10.8 Å². The van der Waals surface area contributed by atoms with Crippen LogP contribution in [0.1, 0.15) is 34.1 Å². The Kier molecular flexibility index (Phi) is 9.06. The highest BCUT2D eigenvalue weighted by atomic mass is 35.5. The third kappa shape index (κ3) is 5.89. The third-order valence-corrected chi connectivity index (χ3v) is 2.79. The van der Waals surface area contributed by atoms with Gasteiger partial charge in [0, 0.05) is 0 Å². The Hall–Kier alpha value is -0.810. The smallest absolute Gasteiger partial charge is 0.326 e. The van der Waals surface area contributed by atoms with E-state index in [0.717, 1.165) is 6.42 Å². The molecule has 0 radical (unpaired) electrons. The molecule has 0 fully saturated rings. The molecule has 0 heterocycles. The van der Waals surface area contributed by atoms with Crippen molar-refractivity contribution < 1.29 is 14.7 Å². The van der Waals surface area contributed by atoms with Gasteiger partial charge >= 0.3 is 5.97 Å². The maximum atomic E-state index is 11.7. The highest BCUT2D eigenvalue weighted by Gasteiger charge is 2.27. The number of rotatable bonds is 6. The van der Waals surface area contributed by atoms with Gasteiger partial charge in [0.15, 0.2) is 0 Å². The van der Waals surface area contributed by atoms with Crippen LogP contribution in [0.5, 0.6) is 0 Å². The zero-order valence-corrected chi connectivity index (χ0v) is 11.6. The molecule has 3 unspecified atom stereocenters. The lowest BCUT2D eigenvalue weighted by Crippen LogP contribution is -2.52. The van der Waals surface area contributed by atoms with Gasteiger partial charge in [-0.05, 0) is 11.8 Å². The normalized spacial score (nSPS) is 15.6. The van der Waals surface area contributed by atoms with E-state index in [9.17, 15) is 9.59 Å². The van der Waals surface area contributed by atoms with Crippen molar-refractivity contribution in [3.63, 3.8) is 0 Å². The lowest BCUT2D eigenvalue weighted by atomic mass is 9.98. The van der Waals surface area contributed by atoms with Gasteiger partial charge in [-0.3, -0.25) is 4.79 Å². The minimum Gasteiger partial charge on any atom is -0.480 e. The number of nitrogens with two attached hydrogens (primary N) is 1. The van der Waals surface area contributed by atoms with E-state index >= 15 is 0 Å². The standard InChI is InChI=1S/C11H22N2O3.ClH/c1-5-7(4)8(12)10(14)13-9(6(2)3)11(15)16;/h6-9H,5,12H2,1-4H3,(H,13,14)(H,15,16);1H. The van der Waals surface area contributed by atoms with Gasteiger partial charge in [-0.1, -0.05) is 34.1 Å². The molecule has 0 aliphatic heterocycles. The van der Waals surface area contributed by atoms with Crippen LogP contribution in [0.25, 0.3) is 0 Å². The third-order valence-electron chi connectivity index (χ3n) is 2.79. The summed E-state index contributed by atoms with van der Waals surface area (Å²) in [6.45, 7) is 7.30. The predicted octanol–water partition coefficient (Wildman–Crippen LogP) is 1.01. The zero-order valence-electron chi connectivity index (χ0n) is 10.8. The Balaban J connectivity index is 0. The van der Waals surface area contributed by atoms with Crippen LogP contribution in [0.4, 0.5) is 0 Å². The van der Waals surface area contributed by atoms with Crippen LogP contribution in [0.2, 0.25) is 0 Å². The molecule has 0 aliphatic rings. The van der Waals surface area contributed by atoms with Crippen molar-refractivity contribution in [2.24, 2.45) is 17.6 Å². The van der Waals surface area contributed by atoms with E-state index in [1.165, 1.54) is 0 Å². The van der Waals surface area contributed by atoms with Crippen LogP contribution in [0.3, 0.4) is 0 Å². The van der Waals surface area contributed by atoms with Crippen LogP contribution in [-0.4, -0.2) is 29.1 Å². The summed E-state index contributed by atoms with van der Waals surface area (Å²) in [5, 5.41) is 11.4. The molecule has 6 heteroatoms. The van der Waals surface area contributed by atoms with Gasteiger partial charge in [0.2, 0.25) is 5.91 Å². The molecule has 0 saturated heterocycles. The minimum absolute atomic E-state index is 0. The SMILES string of the molecule is CCC(C)C(N)C(=O)NC(C(=O)O)C(C)C.Cl. The Morgan fingerprint density at radius 3 is 2.06 bits per heavy atom. The average molecular weight is 267 g/mol. The first-order valence-corrected chi connectivity index (χ1v) is 5.60. The fourth-order valence-corrected chi connectivity index (χ4v) is 1.28. The summed E-state index contributed by atoms with van der Waals surface area (Å²) in [4.78, 5) is 22.5. The van der Waals surface area contributed by atoms with Crippen LogP contribution in [0.15, 0.2) is 0 Å². The fourth-order valence-electron chi connectivity index (χ4n) is 1.28. The average Bonchev–Trinajstić information content (AvgIpc) is 2.22. The number of aliphatic carboxylic acids is 1. The van der Waals surface area contributed by atoms with Gasteiger partial charge in [0.1, 0.15) is 6.04 Å². The van der Waals surface area contributed by atoms with Crippen LogP contribution >= 0.6 is 12.4 Å². The summed E-state index contributed by atoms with van der Waals surface area (Å²) < 4.78 is 0. The van der Waals surface area contributed by atoms with E-state index in [-0.39, 0.29) is 24.2 Å². The molecule has 17 heavy (non-hydrogen) atoms. The number of nitrogens with one attached hydrogen (secondary N) is 1. The summed E-state index contributed by atoms with van der Waals surface area (Å²) in [6.07, 6.45) is 0.786. The molecule has 0 spiro atoms. The van der Waals surface area contributed by atoms with E-state index < -0.39 is 24.0 Å². The summed E-state index contributed by atoms with van der Waals surface area (Å²) in [5.41, 5.74) is 5.71. The summed E-state index contributed by atoms with van der Waals surface area (Å²) >= 11 is 0. The molecular weight excluding hydrogens is 244 g/mol. The van der Waals surface area contributed by atoms with Crippen molar-refractivity contribution in [3.05, 3.63) is 0 Å². The Morgan fingerprint density at radius 2 is 1.76 bits per heavy atom. The second-order valence-electron chi connectivity index (χ2n) is 4.48. The van der Waals surface area contributed by atoms with Crippen LogP contribution in [-0.2, 0) is 9.59 Å².